The van der Waals surface area contributed by atoms with Crippen LogP contribution in [0.1, 0.15) is 10.5 Å². The first kappa shape index (κ1) is 11.7. The third-order valence-electron chi connectivity index (χ3n) is 3.29. The minimum Gasteiger partial charge on any atom is -0.353 e. The Kier molecular flexibility index (Phi) is 2.70. The summed E-state index contributed by atoms with van der Waals surface area (Å²) in [5, 5.41) is 7.81. The number of hydrogen-bond donors (Lipinski definition) is 1. The van der Waals surface area contributed by atoms with Crippen molar-refractivity contribution >= 4 is 22.7 Å². The quantitative estimate of drug-likeness (QED) is 0.791. The first-order valence-corrected chi connectivity index (χ1v) is 6.14. The molecule has 3 rings (SSSR count). The summed E-state index contributed by atoms with van der Waals surface area (Å²) in [5.41, 5.74) is 1.32. The molecule has 0 spiro atoms. The molecule has 1 aliphatic rings. The maximum atomic E-state index is 12.4. The number of carbonyl (C=O) groups excluding carboxylic acids is 2. The van der Waals surface area contributed by atoms with Crippen molar-refractivity contribution in [2.45, 2.75) is 0 Å². The second-order valence-corrected chi connectivity index (χ2v) is 4.57. The van der Waals surface area contributed by atoms with Crippen LogP contribution in [0, 0.1) is 0 Å². The average molecular weight is 258 g/mol. The van der Waals surface area contributed by atoms with Crippen molar-refractivity contribution in [1.29, 1.82) is 0 Å². The minimum absolute atomic E-state index is 0.101. The molecule has 6 nitrogen and oxygen atoms in total. The van der Waals surface area contributed by atoms with Gasteiger partial charge in [-0.1, -0.05) is 18.2 Å². The Morgan fingerprint density at radius 2 is 2.16 bits per heavy atom. The number of nitrogens with one attached hydrogen (secondary N) is 1. The van der Waals surface area contributed by atoms with Crippen LogP contribution < -0.4 is 5.32 Å². The van der Waals surface area contributed by atoms with Gasteiger partial charge in [-0.15, -0.1) is 0 Å². The smallest absolute Gasteiger partial charge is 0.275 e. The summed E-state index contributed by atoms with van der Waals surface area (Å²) in [6.45, 7) is 1.12. The van der Waals surface area contributed by atoms with E-state index < -0.39 is 0 Å². The van der Waals surface area contributed by atoms with E-state index in [1.54, 1.807) is 4.68 Å². The van der Waals surface area contributed by atoms with Crippen LogP contribution in [0.15, 0.2) is 24.3 Å². The van der Waals surface area contributed by atoms with Crippen LogP contribution in [-0.2, 0) is 11.8 Å². The number of carbonyl (C=O) groups is 2. The largest absolute Gasteiger partial charge is 0.353 e. The van der Waals surface area contributed by atoms with Gasteiger partial charge in [0.2, 0.25) is 5.91 Å². The summed E-state index contributed by atoms with van der Waals surface area (Å²) in [6.07, 6.45) is 0. The Labute approximate surface area is 110 Å². The number of amides is 2. The van der Waals surface area contributed by atoms with Gasteiger partial charge in [-0.25, -0.2) is 0 Å². The molecule has 2 heterocycles. The van der Waals surface area contributed by atoms with Crippen LogP contribution in [0.5, 0.6) is 0 Å². The van der Waals surface area contributed by atoms with E-state index in [1.165, 1.54) is 4.90 Å². The Morgan fingerprint density at radius 1 is 1.37 bits per heavy atom. The number of aryl methyl sites for hydroxylation is 1. The Hall–Kier alpha value is -2.37. The molecule has 2 aromatic rings. The SMILES string of the molecule is Cn1nc(C(=O)N2CCNC(=O)C2)c2ccccc21. The van der Waals surface area contributed by atoms with Crippen molar-refractivity contribution in [2.24, 2.45) is 7.05 Å². The first-order chi connectivity index (χ1) is 9.16. The van der Waals surface area contributed by atoms with Gasteiger partial charge >= 0.3 is 0 Å². The molecule has 19 heavy (non-hydrogen) atoms. The molecule has 1 aromatic carbocycles. The number of aromatic nitrogens is 2. The van der Waals surface area contributed by atoms with E-state index in [4.69, 9.17) is 0 Å². The normalized spacial score (nSPS) is 15.6. The number of piperazine rings is 1. The van der Waals surface area contributed by atoms with E-state index in [-0.39, 0.29) is 18.4 Å². The topological polar surface area (TPSA) is 67.2 Å². The molecule has 0 unspecified atom stereocenters. The highest BCUT2D eigenvalue weighted by Crippen LogP contribution is 2.19. The Balaban J connectivity index is 2.00. The van der Waals surface area contributed by atoms with Gasteiger partial charge in [-0.2, -0.15) is 5.10 Å². The van der Waals surface area contributed by atoms with E-state index in [1.807, 2.05) is 31.3 Å². The standard InChI is InChI=1S/C13H14N4O2/c1-16-10-5-3-2-4-9(10)12(15-16)13(19)17-7-6-14-11(18)8-17/h2-5H,6-8H2,1H3,(H,14,18). The number of benzene rings is 1. The lowest BCUT2D eigenvalue weighted by atomic mass is 10.2. The van der Waals surface area contributed by atoms with Gasteiger partial charge in [0.1, 0.15) is 0 Å². The van der Waals surface area contributed by atoms with Gasteiger partial charge in [-0.3, -0.25) is 14.3 Å². The highest BCUT2D eigenvalue weighted by atomic mass is 16.2. The molecular weight excluding hydrogens is 244 g/mol. The molecule has 0 aliphatic carbocycles. The van der Waals surface area contributed by atoms with Crippen LogP contribution in [0.4, 0.5) is 0 Å². The van der Waals surface area contributed by atoms with Crippen molar-refractivity contribution in [3.8, 4) is 0 Å². The molecule has 6 heteroatoms. The molecule has 1 fully saturated rings. The van der Waals surface area contributed by atoms with Gasteiger partial charge < -0.3 is 10.2 Å². The number of nitrogens with zero attached hydrogens (tertiary/aromatic N) is 3. The van der Waals surface area contributed by atoms with Crippen LogP contribution in [0.3, 0.4) is 0 Å². The predicted molar refractivity (Wildman–Crippen MR) is 69.6 cm³/mol. The molecular formula is C13H14N4O2. The van der Waals surface area contributed by atoms with Crippen molar-refractivity contribution < 1.29 is 9.59 Å². The van der Waals surface area contributed by atoms with E-state index in [2.05, 4.69) is 10.4 Å². The maximum absolute atomic E-state index is 12.4. The van der Waals surface area contributed by atoms with Gasteiger partial charge in [0.15, 0.2) is 5.69 Å². The third-order valence-corrected chi connectivity index (χ3v) is 3.29. The third kappa shape index (κ3) is 1.95. The van der Waals surface area contributed by atoms with E-state index in [0.29, 0.717) is 18.8 Å². The second kappa shape index (κ2) is 4.38. The summed E-state index contributed by atoms with van der Waals surface area (Å²) in [6, 6.07) is 7.58. The summed E-state index contributed by atoms with van der Waals surface area (Å²) in [5.74, 6) is -0.313. The van der Waals surface area contributed by atoms with Crippen LogP contribution in [0.25, 0.3) is 10.9 Å². The van der Waals surface area contributed by atoms with Gasteiger partial charge in [0, 0.05) is 25.5 Å². The highest BCUT2D eigenvalue weighted by Gasteiger charge is 2.25. The number of fused-ring (bicyclic) bond motifs is 1. The molecule has 0 bridgehead atoms. The number of rotatable bonds is 1. The molecule has 2 amide bonds. The molecule has 98 valence electrons. The van der Waals surface area contributed by atoms with Crippen LogP contribution >= 0.6 is 0 Å². The lowest BCUT2D eigenvalue weighted by Gasteiger charge is -2.25. The summed E-state index contributed by atoms with van der Waals surface area (Å²) >= 11 is 0. The zero-order valence-corrected chi connectivity index (χ0v) is 10.6. The fourth-order valence-electron chi connectivity index (χ4n) is 2.33. The predicted octanol–water partition coefficient (Wildman–Crippen LogP) is 0.145. The summed E-state index contributed by atoms with van der Waals surface area (Å²) < 4.78 is 1.69. The van der Waals surface area contributed by atoms with E-state index >= 15 is 0 Å². The molecule has 1 saturated heterocycles. The Bertz CT molecular complexity index is 662. The van der Waals surface area contributed by atoms with Crippen LogP contribution in [0.2, 0.25) is 0 Å². The average Bonchev–Trinajstić information content (AvgIpc) is 2.76. The molecule has 0 atom stereocenters. The molecule has 1 aromatic heterocycles. The van der Waals surface area contributed by atoms with Crippen LogP contribution in [-0.4, -0.2) is 46.1 Å². The van der Waals surface area contributed by atoms with Gasteiger partial charge in [0.05, 0.1) is 12.1 Å². The molecule has 0 radical (unpaired) electrons. The van der Waals surface area contributed by atoms with Gasteiger partial charge in [-0.05, 0) is 6.07 Å². The zero-order chi connectivity index (χ0) is 13.4. The fourth-order valence-corrected chi connectivity index (χ4v) is 2.33. The molecule has 0 saturated carbocycles. The zero-order valence-electron chi connectivity index (χ0n) is 10.6. The maximum Gasteiger partial charge on any atom is 0.275 e. The van der Waals surface area contributed by atoms with Gasteiger partial charge in [0.25, 0.3) is 5.91 Å². The van der Waals surface area contributed by atoms with Crippen molar-refractivity contribution in [1.82, 2.24) is 20.0 Å². The number of para-hydroxylation sites is 1. The monoisotopic (exact) mass is 258 g/mol. The summed E-state index contributed by atoms with van der Waals surface area (Å²) in [7, 11) is 1.81. The lowest BCUT2D eigenvalue weighted by molar-refractivity contribution is -0.123. The molecule has 1 N–H and O–H groups in total. The van der Waals surface area contributed by atoms with E-state index in [9.17, 15) is 9.59 Å². The lowest BCUT2D eigenvalue weighted by Crippen LogP contribution is -2.50. The highest BCUT2D eigenvalue weighted by molar-refractivity contribution is 6.05. The van der Waals surface area contributed by atoms with Crippen molar-refractivity contribution in [3.05, 3.63) is 30.0 Å². The molecule has 1 aliphatic heterocycles. The van der Waals surface area contributed by atoms with Crippen molar-refractivity contribution in [3.63, 3.8) is 0 Å². The summed E-state index contributed by atoms with van der Waals surface area (Å²) in [4.78, 5) is 25.3. The number of hydrogen-bond acceptors (Lipinski definition) is 3. The fraction of sp³-hybridized carbons (Fsp3) is 0.308. The first-order valence-electron chi connectivity index (χ1n) is 6.14. The minimum atomic E-state index is -0.188. The second-order valence-electron chi connectivity index (χ2n) is 4.57. The van der Waals surface area contributed by atoms with Crippen molar-refractivity contribution in [2.75, 3.05) is 19.6 Å². The van der Waals surface area contributed by atoms with E-state index in [0.717, 1.165) is 10.9 Å². The Morgan fingerprint density at radius 3 is 2.95 bits per heavy atom.